The second-order valence-electron chi connectivity index (χ2n) is 7.15. The van der Waals surface area contributed by atoms with Crippen LogP contribution in [0.2, 0.25) is 0 Å². The van der Waals surface area contributed by atoms with E-state index >= 15 is 0 Å². The summed E-state index contributed by atoms with van der Waals surface area (Å²) in [7, 11) is 0. The van der Waals surface area contributed by atoms with Gasteiger partial charge in [-0.15, -0.1) is 6.58 Å². The van der Waals surface area contributed by atoms with Gasteiger partial charge in [-0.2, -0.15) is 0 Å². The molecule has 1 unspecified atom stereocenters. The molecule has 0 aromatic carbocycles. The highest BCUT2D eigenvalue weighted by Gasteiger charge is 2.15. The second kappa shape index (κ2) is 19.3. The van der Waals surface area contributed by atoms with Crippen molar-refractivity contribution in [1.29, 1.82) is 0 Å². The molecule has 2 heteroatoms. The van der Waals surface area contributed by atoms with Gasteiger partial charge in [0, 0.05) is 0 Å². The first-order valence-electron chi connectivity index (χ1n) is 10.7. The number of esters is 1. The van der Waals surface area contributed by atoms with Crippen LogP contribution in [0.1, 0.15) is 103 Å². The van der Waals surface area contributed by atoms with E-state index in [2.05, 4.69) is 20.1 Å². The lowest BCUT2D eigenvalue weighted by atomic mass is 10.00. The van der Waals surface area contributed by atoms with Gasteiger partial charge < -0.3 is 4.74 Å². The number of carbonyl (C=O) groups is 1. The number of hydrogen-bond acceptors (Lipinski definition) is 2. The summed E-state index contributed by atoms with van der Waals surface area (Å²) in [5, 5.41) is 0. The van der Waals surface area contributed by atoms with Crippen molar-refractivity contribution in [2.24, 2.45) is 5.92 Å². The molecule has 0 saturated heterocycles. The molecule has 0 amide bonds. The van der Waals surface area contributed by atoms with Gasteiger partial charge >= 0.3 is 5.97 Å². The van der Waals surface area contributed by atoms with Gasteiger partial charge in [-0.3, -0.25) is 4.79 Å². The fourth-order valence-electron chi connectivity index (χ4n) is 3.14. The van der Waals surface area contributed by atoms with Crippen LogP contribution in [0.5, 0.6) is 0 Å². The standard InChI is InChI=1S/C23H42O2/c1-4-7-8-9-10-11-12-13-14-15-16-17-18-19-20-22(6-3)23(24)25-21-5-2/h5-6,22H,2-4,7-21H2,1H3. The van der Waals surface area contributed by atoms with Crippen LogP contribution in [0.4, 0.5) is 0 Å². The average molecular weight is 351 g/mol. The summed E-state index contributed by atoms with van der Waals surface area (Å²) in [6.45, 7) is 9.87. The van der Waals surface area contributed by atoms with Gasteiger partial charge in [-0.1, -0.05) is 116 Å². The van der Waals surface area contributed by atoms with Gasteiger partial charge in [-0.25, -0.2) is 0 Å². The van der Waals surface area contributed by atoms with Crippen molar-refractivity contribution in [2.75, 3.05) is 6.61 Å². The van der Waals surface area contributed by atoms with Crippen molar-refractivity contribution < 1.29 is 9.53 Å². The van der Waals surface area contributed by atoms with Crippen LogP contribution in [0.15, 0.2) is 25.3 Å². The first kappa shape index (κ1) is 23.9. The molecular weight excluding hydrogens is 308 g/mol. The zero-order valence-electron chi connectivity index (χ0n) is 16.8. The summed E-state index contributed by atoms with van der Waals surface area (Å²) in [4.78, 5) is 11.8. The Balaban J connectivity index is 3.33. The minimum Gasteiger partial charge on any atom is -0.461 e. The quantitative estimate of drug-likeness (QED) is 0.138. The largest absolute Gasteiger partial charge is 0.461 e. The Hall–Kier alpha value is -1.05. The normalized spacial score (nSPS) is 11.9. The maximum absolute atomic E-state index is 11.8. The van der Waals surface area contributed by atoms with Crippen LogP contribution in [0.25, 0.3) is 0 Å². The van der Waals surface area contributed by atoms with E-state index in [9.17, 15) is 4.79 Å². The summed E-state index contributed by atoms with van der Waals surface area (Å²) in [6.07, 6.45) is 23.1. The molecule has 0 bridgehead atoms. The summed E-state index contributed by atoms with van der Waals surface area (Å²) in [5.74, 6) is -0.318. The summed E-state index contributed by atoms with van der Waals surface area (Å²) < 4.78 is 5.09. The van der Waals surface area contributed by atoms with E-state index in [4.69, 9.17) is 4.74 Å². The van der Waals surface area contributed by atoms with Crippen LogP contribution in [-0.4, -0.2) is 12.6 Å². The summed E-state index contributed by atoms with van der Waals surface area (Å²) >= 11 is 0. The monoisotopic (exact) mass is 350 g/mol. The molecule has 0 aliphatic heterocycles. The molecule has 2 nitrogen and oxygen atoms in total. The maximum Gasteiger partial charge on any atom is 0.313 e. The molecule has 0 N–H and O–H groups in total. The number of carbonyl (C=O) groups excluding carboxylic acids is 1. The molecule has 0 saturated carbocycles. The predicted octanol–water partition coefficient (Wildman–Crippen LogP) is 7.39. The first-order chi connectivity index (χ1) is 12.3. The number of hydrogen-bond donors (Lipinski definition) is 0. The Labute approximate surface area is 157 Å². The highest BCUT2D eigenvalue weighted by molar-refractivity contribution is 5.74. The minimum atomic E-state index is -0.162. The third-order valence-electron chi connectivity index (χ3n) is 4.80. The van der Waals surface area contributed by atoms with Gasteiger partial charge in [-0.05, 0) is 6.42 Å². The highest BCUT2D eigenvalue weighted by atomic mass is 16.5. The van der Waals surface area contributed by atoms with Crippen molar-refractivity contribution in [2.45, 2.75) is 103 Å². The fraction of sp³-hybridized carbons (Fsp3) is 0.783. The van der Waals surface area contributed by atoms with E-state index in [1.54, 1.807) is 12.2 Å². The second-order valence-corrected chi connectivity index (χ2v) is 7.15. The van der Waals surface area contributed by atoms with E-state index in [-0.39, 0.29) is 11.9 Å². The summed E-state index contributed by atoms with van der Waals surface area (Å²) in [6, 6.07) is 0. The lowest BCUT2D eigenvalue weighted by Crippen LogP contribution is -2.15. The van der Waals surface area contributed by atoms with Gasteiger partial charge in [0.2, 0.25) is 0 Å². The lowest BCUT2D eigenvalue weighted by molar-refractivity contribution is -0.145. The van der Waals surface area contributed by atoms with E-state index in [1.807, 2.05) is 0 Å². The molecule has 146 valence electrons. The topological polar surface area (TPSA) is 26.3 Å². The third kappa shape index (κ3) is 16.2. The van der Waals surface area contributed by atoms with Crippen LogP contribution in [0, 0.1) is 5.92 Å². The highest BCUT2D eigenvalue weighted by Crippen LogP contribution is 2.16. The SMILES string of the molecule is C=CCOC(=O)C(C=C)CCCCCCCCCCCCCCCC. The smallest absolute Gasteiger partial charge is 0.313 e. The van der Waals surface area contributed by atoms with Crippen LogP contribution >= 0.6 is 0 Å². The number of rotatable bonds is 19. The zero-order chi connectivity index (χ0) is 18.6. The molecule has 0 aromatic heterocycles. The summed E-state index contributed by atoms with van der Waals surface area (Å²) in [5.41, 5.74) is 0. The number of unbranched alkanes of at least 4 members (excludes halogenated alkanes) is 13. The molecule has 1 atom stereocenters. The molecule has 0 heterocycles. The fourth-order valence-corrected chi connectivity index (χ4v) is 3.14. The molecule has 0 fully saturated rings. The lowest BCUT2D eigenvalue weighted by Gasteiger charge is -2.11. The molecule has 0 aromatic rings. The molecule has 0 radical (unpaired) electrons. The predicted molar refractivity (Wildman–Crippen MR) is 110 cm³/mol. The Morgan fingerprint density at radius 2 is 1.24 bits per heavy atom. The third-order valence-corrected chi connectivity index (χ3v) is 4.80. The van der Waals surface area contributed by atoms with E-state index in [0.29, 0.717) is 6.61 Å². The first-order valence-corrected chi connectivity index (χ1v) is 10.7. The van der Waals surface area contributed by atoms with Crippen LogP contribution < -0.4 is 0 Å². The van der Waals surface area contributed by atoms with Gasteiger partial charge in [0.15, 0.2) is 0 Å². The average Bonchev–Trinajstić information content (AvgIpc) is 2.63. The Morgan fingerprint density at radius 3 is 1.64 bits per heavy atom. The molecule has 0 rings (SSSR count). The molecule has 0 spiro atoms. The van der Waals surface area contributed by atoms with E-state index in [0.717, 1.165) is 12.8 Å². The van der Waals surface area contributed by atoms with Gasteiger partial charge in [0.1, 0.15) is 6.61 Å². The molecule has 0 aliphatic rings. The van der Waals surface area contributed by atoms with E-state index in [1.165, 1.54) is 83.5 Å². The van der Waals surface area contributed by atoms with Crippen molar-refractivity contribution in [3.05, 3.63) is 25.3 Å². The Morgan fingerprint density at radius 1 is 0.800 bits per heavy atom. The van der Waals surface area contributed by atoms with Crippen LogP contribution in [0.3, 0.4) is 0 Å². The molecular formula is C23H42O2. The van der Waals surface area contributed by atoms with Gasteiger partial charge in [0.05, 0.1) is 5.92 Å². The Kier molecular flexibility index (Phi) is 18.5. The molecule has 25 heavy (non-hydrogen) atoms. The Bertz CT molecular complexity index is 322. The molecule has 0 aliphatic carbocycles. The van der Waals surface area contributed by atoms with Crippen molar-refractivity contribution in [3.63, 3.8) is 0 Å². The van der Waals surface area contributed by atoms with Crippen molar-refractivity contribution in [1.82, 2.24) is 0 Å². The van der Waals surface area contributed by atoms with Crippen LogP contribution in [-0.2, 0) is 9.53 Å². The van der Waals surface area contributed by atoms with Crippen molar-refractivity contribution in [3.8, 4) is 0 Å². The van der Waals surface area contributed by atoms with Gasteiger partial charge in [0.25, 0.3) is 0 Å². The zero-order valence-corrected chi connectivity index (χ0v) is 16.8. The van der Waals surface area contributed by atoms with E-state index < -0.39 is 0 Å². The minimum absolute atomic E-state index is 0.155. The number of ether oxygens (including phenoxy) is 1. The maximum atomic E-state index is 11.8. The van der Waals surface area contributed by atoms with Crippen molar-refractivity contribution >= 4 is 5.97 Å².